The molecule has 1 aliphatic rings. The lowest BCUT2D eigenvalue weighted by Gasteiger charge is -2.29. The molecule has 44 heavy (non-hydrogen) atoms. The Balaban J connectivity index is 0.00000159. The molecule has 12 heteroatoms. The van der Waals surface area contributed by atoms with Crippen molar-refractivity contribution in [1.29, 1.82) is 5.41 Å². The molecule has 1 aliphatic heterocycles. The molecule has 242 valence electrons. The van der Waals surface area contributed by atoms with Gasteiger partial charge in [0.15, 0.2) is 0 Å². The normalized spacial score (nSPS) is 15.1. The number of amidine groups is 1. The molecule has 6 N–H and O–H groups in total. The number of sulfonamides is 1. The first-order valence-corrected chi connectivity index (χ1v) is 16.8. The highest BCUT2D eigenvalue weighted by Crippen LogP contribution is 2.21. The molecule has 2 amide bonds. The number of hydrogen-bond acceptors (Lipinski definition) is 6. The zero-order valence-corrected chi connectivity index (χ0v) is 26.6. The van der Waals surface area contributed by atoms with Crippen molar-refractivity contribution in [2.45, 2.75) is 90.3 Å². The molecule has 1 fully saturated rings. The number of rotatable bonds is 16. The summed E-state index contributed by atoms with van der Waals surface area (Å²) in [5.41, 5.74) is 7.80. The molecule has 0 bridgehead atoms. The number of carbonyl (C=O) groups is 3. The Morgan fingerprint density at radius 3 is 2.23 bits per heavy atom. The Morgan fingerprint density at radius 1 is 1.00 bits per heavy atom. The van der Waals surface area contributed by atoms with Crippen LogP contribution < -0.4 is 15.8 Å². The summed E-state index contributed by atoms with van der Waals surface area (Å²) < 4.78 is 28.7. The summed E-state index contributed by atoms with van der Waals surface area (Å²) in [7, 11) is -3.68. The highest BCUT2D eigenvalue weighted by molar-refractivity contribution is 7.89. The number of nitrogen functional groups attached to an aromatic ring is 1. The van der Waals surface area contributed by atoms with Gasteiger partial charge in [-0.3, -0.25) is 19.8 Å². The summed E-state index contributed by atoms with van der Waals surface area (Å²) in [5.74, 6) is -1.53. The highest BCUT2D eigenvalue weighted by Gasteiger charge is 2.38. The van der Waals surface area contributed by atoms with Gasteiger partial charge < -0.3 is 21.1 Å². The summed E-state index contributed by atoms with van der Waals surface area (Å²) in [6.45, 7) is 3.89. The van der Waals surface area contributed by atoms with Gasteiger partial charge in [-0.15, -0.1) is 0 Å². The largest absolute Gasteiger partial charge is 0.481 e. The molecule has 2 aromatic rings. The Hall–Kier alpha value is -3.77. The first kappa shape index (κ1) is 36.4. The van der Waals surface area contributed by atoms with Crippen LogP contribution in [0.15, 0.2) is 54.6 Å². The fourth-order valence-electron chi connectivity index (χ4n) is 4.99. The zero-order valence-electron chi connectivity index (χ0n) is 25.8. The van der Waals surface area contributed by atoms with Crippen LogP contribution in [0.25, 0.3) is 0 Å². The van der Waals surface area contributed by atoms with Gasteiger partial charge in [-0.1, -0.05) is 93.6 Å². The Kier molecular flexibility index (Phi) is 15.6. The van der Waals surface area contributed by atoms with Crippen LogP contribution in [0.5, 0.6) is 0 Å². The summed E-state index contributed by atoms with van der Waals surface area (Å²) in [4.78, 5) is 37.4. The van der Waals surface area contributed by atoms with Crippen LogP contribution in [0.1, 0.15) is 81.9 Å². The molecule has 3 rings (SSSR count). The molecule has 1 heterocycles. The van der Waals surface area contributed by atoms with E-state index in [0.717, 1.165) is 50.2 Å². The van der Waals surface area contributed by atoms with Crippen LogP contribution in [0.2, 0.25) is 0 Å². The highest BCUT2D eigenvalue weighted by atomic mass is 32.2. The van der Waals surface area contributed by atoms with Crippen LogP contribution in [0, 0.1) is 5.41 Å². The monoisotopic (exact) mass is 629 g/mol. The lowest BCUT2D eigenvalue weighted by atomic mass is 10.0. The average molecular weight is 630 g/mol. The Morgan fingerprint density at radius 2 is 1.61 bits per heavy atom. The quantitative estimate of drug-likeness (QED) is 0.107. The van der Waals surface area contributed by atoms with Gasteiger partial charge in [-0.05, 0) is 36.8 Å². The number of nitrogens with one attached hydrogen (secondary N) is 3. The number of unbranched alkanes of at least 4 members (excludes halogenated alkanes) is 5. The summed E-state index contributed by atoms with van der Waals surface area (Å²) in [5, 5.41) is 17.8. The van der Waals surface area contributed by atoms with E-state index in [0.29, 0.717) is 31.4 Å². The van der Waals surface area contributed by atoms with Crippen LogP contribution >= 0.6 is 0 Å². The van der Waals surface area contributed by atoms with E-state index in [2.05, 4.69) is 17.0 Å². The number of nitrogens with two attached hydrogens (primary N) is 1. The summed E-state index contributed by atoms with van der Waals surface area (Å²) in [6, 6.07) is 14.7. The van der Waals surface area contributed by atoms with E-state index in [4.69, 9.17) is 21.0 Å². The van der Waals surface area contributed by atoms with Crippen molar-refractivity contribution < 1.29 is 27.9 Å². The van der Waals surface area contributed by atoms with Crippen molar-refractivity contribution in [1.82, 2.24) is 14.9 Å². The number of carboxylic acid groups (broad SMARTS) is 1. The average Bonchev–Trinajstić information content (AvgIpc) is 3.47. The van der Waals surface area contributed by atoms with Crippen LogP contribution in [0.3, 0.4) is 0 Å². The van der Waals surface area contributed by atoms with Gasteiger partial charge in [-0.2, -0.15) is 0 Å². The number of likely N-dealkylation sites (tertiary alicyclic amines) is 1. The number of amides is 2. The van der Waals surface area contributed by atoms with Crippen LogP contribution in [-0.2, 0) is 37.4 Å². The maximum atomic E-state index is 13.8. The number of benzene rings is 2. The second-order valence-electron chi connectivity index (χ2n) is 11.0. The number of nitrogens with zero attached hydrogens (tertiary/aromatic N) is 1. The van der Waals surface area contributed by atoms with Crippen LogP contribution in [-0.4, -0.2) is 66.4 Å². The second kappa shape index (κ2) is 18.8. The van der Waals surface area contributed by atoms with E-state index in [1.165, 1.54) is 4.90 Å². The maximum Gasteiger partial charge on any atom is 0.300 e. The molecule has 0 aromatic heterocycles. The SMILES string of the molecule is CC(=O)O.CCCCCCCCS(=O)(=O)N[C@H](Cc1ccccc1)C(=O)N1CCC[C@H]1C(=O)NCc1ccc(C(=N)N)cc1. The van der Waals surface area contributed by atoms with Gasteiger partial charge >= 0.3 is 0 Å². The van der Waals surface area contributed by atoms with Crippen molar-refractivity contribution >= 4 is 33.6 Å². The van der Waals surface area contributed by atoms with Gasteiger partial charge in [0.05, 0.1) is 5.75 Å². The lowest BCUT2D eigenvalue weighted by Crippen LogP contribution is -2.54. The van der Waals surface area contributed by atoms with E-state index >= 15 is 0 Å². The van der Waals surface area contributed by atoms with Gasteiger partial charge in [0.2, 0.25) is 21.8 Å². The Bertz CT molecular complexity index is 1310. The molecule has 0 aliphatic carbocycles. The summed E-state index contributed by atoms with van der Waals surface area (Å²) in [6.07, 6.45) is 7.16. The Labute approximate surface area is 261 Å². The van der Waals surface area contributed by atoms with Gasteiger partial charge in [0.1, 0.15) is 17.9 Å². The van der Waals surface area contributed by atoms with Crippen molar-refractivity contribution in [2.75, 3.05) is 12.3 Å². The van der Waals surface area contributed by atoms with Gasteiger partial charge in [0.25, 0.3) is 5.97 Å². The first-order chi connectivity index (χ1) is 20.9. The topological polar surface area (TPSA) is 183 Å². The molecular weight excluding hydrogens is 582 g/mol. The minimum atomic E-state index is -3.68. The molecule has 2 atom stereocenters. The third-order valence-corrected chi connectivity index (χ3v) is 8.71. The standard InChI is InChI=1S/C30H43N5O4S.C2H4O2/c1-2-3-4-5-6-10-20-40(38,39)34-26(21-23-12-8-7-9-13-23)30(37)35-19-11-14-27(35)29(36)33-22-24-15-17-25(18-16-24)28(31)32;1-2(3)4/h7-9,12-13,15-18,26-27,34H,2-6,10-11,14,19-22H2,1H3,(H3,31,32)(H,33,36);1H3,(H,3,4)/t26-,27+;/m1./s1. The molecule has 1 saturated heterocycles. The van der Waals surface area contributed by atoms with Gasteiger partial charge in [-0.25, -0.2) is 13.1 Å². The molecule has 0 unspecified atom stereocenters. The number of carboxylic acids is 1. The molecular formula is C32H47N5O6S. The molecule has 0 spiro atoms. The van der Waals surface area contributed by atoms with E-state index in [1.54, 1.807) is 24.3 Å². The first-order valence-electron chi connectivity index (χ1n) is 15.2. The van der Waals surface area contributed by atoms with E-state index in [1.807, 2.05) is 30.3 Å². The fraction of sp³-hybridized carbons (Fsp3) is 0.500. The fourth-order valence-corrected chi connectivity index (χ4v) is 6.31. The predicted molar refractivity (Wildman–Crippen MR) is 172 cm³/mol. The molecule has 0 radical (unpaired) electrons. The molecule has 2 aromatic carbocycles. The second-order valence-corrected chi connectivity index (χ2v) is 12.9. The number of aliphatic carboxylic acids is 1. The summed E-state index contributed by atoms with van der Waals surface area (Å²) >= 11 is 0. The van der Waals surface area contributed by atoms with Crippen molar-refractivity contribution in [3.8, 4) is 0 Å². The lowest BCUT2D eigenvalue weighted by molar-refractivity contribution is -0.139. The van der Waals surface area contributed by atoms with E-state index < -0.39 is 28.1 Å². The minimum absolute atomic E-state index is 0.0238. The predicted octanol–water partition coefficient (Wildman–Crippen LogP) is 3.56. The minimum Gasteiger partial charge on any atom is -0.481 e. The molecule has 0 saturated carbocycles. The van der Waals surface area contributed by atoms with E-state index in [-0.39, 0.29) is 36.4 Å². The molecule has 11 nitrogen and oxygen atoms in total. The van der Waals surface area contributed by atoms with Crippen molar-refractivity contribution in [2.24, 2.45) is 5.73 Å². The third kappa shape index (κ3) is 13.3. The van der Waals surface area contributed by atoms with Crippen molar-refractivity contribution in [3.05, 3.63) is 71.3 Å². The van der Waals surface area contributed by atoms with Crippen molar-refractivity contribution in [3.63, 3.8) is 0 Å². The number of carbonyl (C=O) groups excluding carboxylic acids is 2. The smallest absolute Gasteiger partial charge is 0.300 e. The number of hydrogen-bond donors (Lipinski definition) is 5. The maximum absolute atomic E-state index is 13.8. The van der Waals surface area contributed by atoms with Crippen LogP contribution in [0.4, 0.5) is 0 Å². The zero-order chi connectivity index (χ0) is 32.5. The van der Waals surface area contributed by atoms with E-state index in [9.17, 15) is 18.0 Å². The third-order valence-electron chi connectivity index (χ3n) is 7.24. The van der Waals surface area contributed by atoms with Gasteiger partial charge in [0, 0.05) is 25.6 Å².